The Balaban J connectivity index is 3.07. The molecule has 0 amide bonds. The fourth-order valence-electron chi connectivity index (χ4n) is 1.60. The molecule has 0 unspecified atom stereocenters. The van der Waals surface area contributed by atoms with Crippen LogP contribution in [-0.2, 0) is 0 Å². The van der Waals surface area contributed by atoms with E-state index >= 15 is 0 Å². The summed E-state index contributed by atoms with van der Waals surface area (Å²) in [5.41, 5.74) is 5.05. The number of benzene rings is 1. The molecule has 0 saturated carbocycles. The second-order valence-electron chi connectivity index (χ2n) is 5.04. The SMILES string of the molecule is C=CC/C(=C/[Si](C)(C)C)c1ccc(Cl)cc1. The van der Waals surface area contributed by atoms with Gasteiger partial charge in [-0.05, 0) is 29.7 Å². The Bertz CT molecular complexity index is 382. The zero-order valence-corrected chi connectivity index (χ0v) is 12.0. The van der Waals surface area contributed by atoms with Crippen LogP contribution in [0.4, 0.5) is 0 Å². The molecule has 1 rings (SSSR count). The van der Waals surface area contributed by atoms with Gasteiger partial charge in [0, 0.05) is 5.02 Å². The Morgan fingerprint density at radius 3 is 2.25 bits per heavy atom. The molecule has 0 heterocycles. The average Bonchev–Trinajstić information content (AvgIpc) is 2.16. The Morgan fingerprint density at radius 1 is 1.25 bits per heavy atom. The third kappa shape index (κ3) is 4.38. The molecule has 16 heavy (non-hydrogen) atoms. The third-order valence-corrected chi connectivity index (χ3v) is 3.65. The topological polar surface area (TPSA) is 0 Å². The van der Waals surface area contributed by atoms with Gasteiger partial charge in [0.15, 0.2) is 0 Å². The molecule has 2 heteroatoms. The highest BCUT2D eigenvalue weighted by Crippen LogP contribution is 2.23. The van der Waals surface area contributed by atoms with Gasteiger partial charge in [-0.15, -0.1) is 6.58 Å². The first kappa shape index (κ1) is 13.3. The second kappa shape index (κ2) is 5.51. The number of halogens is 1. The molecule has 0 nitrogen and oxygen atoms in total. The second-order valence-corrected chi connectivity index (χ2v) is 10.5. The summed E-state index contributed by atoms with van der Waals surface area (Å²) in [4.78, 5) is 0. The zero-order chi connectivity index (χ0) is 12.2. The van der Waals surface area contributed by atoms with Crippen molar-refractivity contribution in [2.24, 2.45) is 0 Å². The summed E-state index contributed by atoms with van der Waals surface area (Å²) in [5, 5.41) is 0.787. The van der Waals surface area contributed by atoms with E-state index in [1.165, 1.54) is 11.1 Å². The van der Waals surface area contributed by atoms with Gasteiger partial charge in [-0.2, -0.15) is 0 Å². The summed E-state index contributed by atoms with van der Waals surface area (Å²) in [7, 11) is -1.20. The minimum Gasteiger partial charge on any atom is -0.103 e. The van der Waals surface area contributed by atoms with Crippen LogP contribution in [0.1, 0.15) is 12.0 Å². The van der Waals surface area contributed by atoms with Gasteiger partial charge in [-0.1, -0.05) is 55.2 Å². The quantitative estimate of drug-likeness (QED) is 0.510. The Hall–Kier alpha value is -0.793. The van der Waals surface area contributed by atoms with E-state index in [2.05, 4.69) is 44.1 Å². The molecule has 0 atom stereocenters. The maximum absolute atomic E-state index is 5.90. The maximum Gasteiger partial charge on any atom is 0.0691 e. The Kier molecular flexibility index (Phi) is 4.57. The first-order valence-electron chi connectivity index (χ1n) is 5.51. The van der Waals surface area contributed by atoms with Crippen molar-refractivity contribution < 1.29 is 0 Å². The molecule has 0 bridgehead atoms. The van der Waals surface area contributed by atoms with Crippen molar-refractivity contribution in [3.8, 4) is 0 Å². The van der Waals surface area contributed by atoms with Gasteiger partial charge < -0.3 is 0 Å². The van der Waals surface area contributed by atoms with Gasteiger partial charge in [-0.25, -0.2) is 0 Å². The molecule has 0 aliphatic carbocycles. The minimum atomic E-state index is -1.20. The lowest BCUT2D eigenvalue weighted by Gasteiger charge is -2.14. The predicted octanol–water partition coefficient (Wildman–Crippen LogP) is 5.18. The molecule has 0 spiro atoms. The van der Waals surface area contributed by atoms with E-state index in [0.717, 1.165) is 11.4 Å². The van der Waals surface area contributed by atoms with Gasteiger partial charge in [0.2, 0.25) is 0 Å². The van der Waals surface area contributed by atoms with Crippen LogP contribution in [0.2, 0.25) is 24.7 Å². The molecule has 0 radical (unpaired) electrons. The highest BCUT2D eigenvalue weighted by atomic mass is 35.5. The molecular formula is C14H19ClSi. The van der Waals surface area contributed by atoms with Gasteiger partial charge in [0.1, 0.15) is 0 Å². The largest absolute Gasteiger partial charge is 0.103 e. The Morgan fingerprint density at radius 2 is 1.81 bits per heavy atom. The first-order chi connectivity index (χ1) is 7.42. The lowest BCUT2D eigenvalue weighted by Crippen LogP contribution is -2.16. The van der Waals surface area contributed by atoms with Gasteiger partial charge in [0.25, 0.3) is 0 Å². The predicted molar refractivity (Wildman–Crippen MR) is 77.6 cm³/mol. The maximum atomic E-state index is 5.90. The van der Waals surface area contributed by atoms with Gasteiger partial charge >= 0.3 is 0 Å². The number of hydrogen-bond acceptors (Lipinski definition) is 0. The van der Waals surface area contributed by atoms with Crippen LogP contribution in [0.5, 0.6) is 0 Å². The summed E-state index contributed by atoms with van der Waals surface area (Å²) >= 11 is 5.90. The zero-order valence-electron chi connectivity index (χ0n) is 10.3. The van der Waals surface area contributed by atoms with Crippen LogP contribution in [0.3, 0.4) is 0 Å². The molecule has 0 aromatic heterocycles. The van der Waals surface area contributed by atoms with Crippen LogP contribution in [0.15, 0.2) is 42.6 Å². The standard InChI is InChI=1S/C14H19ClSi/c1-5-6-13(11-16(2,3)4)12-7-9-14(15)10-8-12/h5,7-11H,1,6H2,2-4H3/b13-11-. The highest BCUT2D eigenvalue weighted by Gasteiger charge is 2.11. The van der Waals surface area contributed by atoms with E-state index < -0.39 is 8.07 Å². The minimum absolute atomic E-state index is 0.787. The smallest absolute Gasteiger partial charge is 0.0691 e. The fraction of sp³-hybridized carbons (Fsp3) is 0.286. The Labute approximate surface area is 105 Å². The van der Waals surface area contributed by atoms with Gasteiger partial charge in [0.05, 0.1) is 8.07 Å². The monoisotopic (exact) mass is 250 g/mol. The molecule has 1 aromatic rings. The lowest BCUT2D eigenvalue weighted by atomic mass is 10.1. The van der Waals surface area contributed by atoms with Gasteiger partial charge in [-0.3, -0.25) is 0 Å². The lowest BCUT2D eigenvalue weighted by molar-refractivity contribution is 1.40. The molecular weight excluding hydrogens is 232 g/mol. The number of hydrogen-bond donors (Lipinski definition) is 0. The normalized spacial score (nSPS) is 12.6. The summed E-state index contributed by atoms with van der Waals surface area (Å²) in [5.74, 6) is 0. The third-order valence-electron chi connectivity index (χ3n) is 2.19. The molecule has 0 aliphatic heterocycles. The van der Waals surface area contributed by atoms with Crippen molar-refractivity contribution in [1.29, 1.82) is 0 Å². The van der Waals surface area contributed by atoms with Crippen LogP contribution >= 0.6 is 11.6 Å². The van der Waals surface area contributed by atoms with E-state index in [-0.39, 0.29) is 0 Å². The van der Waals surface area contributed by atoms with Crippen LogP contribution in [0.25, 0.3) is 5.57 Å². The molecule has 0 aliphatic rings. The molecule has 0 fully saturated rings. The van der Waals surface area contributed by atoms with Crippen molar-refractivity contribution in [2.45, 2.75) is 26.1 Å². The van der Waals surface area contributed by atoms with E-state index in [1.807, 2.05) is 18.2 Å². The first-order valence-corrected chi connectivity index (χ1v) is 9.46. The molecule has 1 aromatic carbocycles. The summed E-state index contributed by atoms with van der Waals surface area (Å²) in [6.07, 6.45) is 2.88. The summed E-state index contributed by atoms with van der Waals surface area (Å²) in [6.45, 7) is 10.8. The fourth-order valence-corrected chi connectivity index (χ4v) is 3.06. The van der Waals surface area contributed by atoms with E-state index in [9.17, 15) is 0 Å². The molecule has 0 saturated heterocycles. The van der Waals surface area contributed by atoms with Crippen molar-refractivity contribution in [3.63, 3.8) is 0 Å². The average molecular weight is 251 g/mol. The van der Waals surface area contributed by atoms with E-state index in [1.54, 1.807) is 0 Å². The van der Waals surface area contributed by atoms with Crippen molar-refractivity contribution >= 4 is 25.2 Å². The van der Waals surface area contributed by atoms with Crippen LogP contribution < -0.4 is 0 Å². The highest BCUT2D eigenvalue weighted by molar-refractivity contribution is 6.81. The van der Waals surface area contributed by atoms with Crippen molar-refractivity contribution in [1.82, 2.24) is 0 Å². The number of allylic oxidation sites excluding steroid dienone is 2. The van der Waals surface area contributed by atoms with Crippen molar-refractivity contribution in [3.05, 3.63) is 53.2 Å². The summed E-state index contributed by atoms with van der Waals surface area (Å²) < 4.78 is 0. The van der Waals surface area contributed by atoms with Crippen LogP contribution in [0, 0.1) is 0 Å². The van der Waals surface area contributed by atoms with E-state index in [0.29, 0.717) is 0 Å². The van der Waals surface area contributed by atoms with E-state index in [4.69, 9.17) is 11.6 Å². The van der Waals surface area contributed by atoms with Crippen molar-refractivity contribution in [2.75, 3.05) is 0 Å². The summed E-state index contributed by atoms with van der Waals surface area (Å²) in [6, 6.07) is 8.05. The molecule has 86 valence electrons. The number of rotatable bonds is 4. The molecule has 0 N–H and O–H groups in total. The van der Waals surface area contributed by atoms with Crippen LogP contribution in [-0.4, -0.2) is 8.07 Å².